The fourth-order valence-corrected chi connectivity index (χ4v) is 5.12. The first-order valence-electron chi connectivity index (χ1n) is 6.46. The van der Waals surface area contributed by atoms with Crippen LogP contribution < -0.4 is 5.32 Å². The molecule has 108 valence electrons. The summed E-state index contributed by atoms with van der Waals surface area (Å²) in [6.07, 6.45) is 5.14. The van der Waals surface area contributed by atoms with Gasteiger partial charge in [0.25, 0.3) is 5.91 Å². The minimum Gasteiger partial charge on any atom is -0.468 e. The molecule has 5 nitrogen and oxygen atoms in total. The van der Waals surface area contributed by atoms with Gasteiger partial charge in [0.15, 0.2) is 0 Å². The highest BCUT2D eigenvalue weighted by molar-refractivity contribution is 8.23. The van der Waals surface area contributed by atoms with E-state index in [9.17, 15) is 9.59 Å². The van der Waals surface area contributed by atoms with E-state index in [-0.39, 0.29) is 28.1 Å². The molecule has 0 radical (unpaired) electrons. The monoisotopic (exact) mass is 312 g/mol. The van der Waals surface area contributed by atoms with Gasteiger partial charge in [-0.05, 0) is 12.8 Å². The number of methoxy groups -OCH3 is 1. The molecule has 1 saturated carbocycles. The number of nitrogens with zero attached hydrogens (tertiary/aromatic N) is 1. The second-order valence-corrected chi connectivity index (χ2v) is 7.39. The maximum atomic E-state index is 12.1. The molecule has 1 N–H and O–H groups in total. The summed E-state index contributed by atoms with van der Waals surface area (Å²) in [5.74, 6) is -0.558. The Hall–Kier alpha value is -1.13. The van der Waals surface area contributed by atoms with Gasteiger partial charge < -0.3 is 10.1 Å². The molecule has 20 heavy (non-hydrogen) atoms. The van der Waals surface area contributed by atoms with Crippen molar-refractivity contribution in [2.75, 3.05) is 12.9 Å². The highest BCUT2D eigenvalue weighted by Crippen LogP contribution is 2.48. The smallest absolute Gasteiger partial charge is 0.316 e. The third-order valence-electron chi connectivity index (χ3n) is 3.38. The number of nitriles is 1. The van der Waals surface area contributed by atoms with Crippen LogP contribution in [0.15, 0.2) is 9.81 Å². The number of nitrogens with one attached hydrogen (secondary N) is 1. The summed E-state index contributed by atoms with van der Waals surface area (Å²) in [6, 6.07) is 1.94. The number of carbonyl (C=O) groups is 2. The third-order valence-corrected chi connectivity index (χ3v) is 6.12. The highest BCUT2D eigenvalue weighted by Gasteiger charge is 2.41. The van der Waals surface area contributed by atoms with Crippen LogP contribution in [0.2, 0.25) is 0 Å². The first-order valence-corrected chi connectivity index (χ1v) is 8.26. The van der Waals surface area contributed by atoms with Crippen LogP contribution in [0.3, 0.4) is 0 Å². The topological polar surface area (TPSA) is 79.2 Å². The highest BCUT2D eigenvalue weighted by atomic mass is 32.2. The van der Waals surface area contributed by atoms with Crippen LogP contribution in [0, 0.1) is 11.3 Å². The van der Waals surface area contributed by atoms with E-state index in [1.54, 1.807) is 0 Å². The summed E-state index contributed by atoms with van der Waals surface area (Å²) in [5.41, 5.74) is 0.111. The van der Waals surface area contributed by atoms with Crippen LogP contribution in [0.5, 0.6) is 0 Å². The van der Waals surface area contributed by atoms with Crippen molar-refractivity contribution in [1.29, 1.82) is 5.26 Å². The summed E-state index contributed by atoms with van der Waals surface area (Å²) in [7, 11) is 1.33. The Kier molecular flexibility index (Phi) is 5.00. The molecule has 0 unspecified atom stereocenters. The van der Waals surface area contributed by atoms with Gasteiger partial charge in [0, 0.05) is 0 Å². The molecule has 7 heteroatoms. The van der Waals surface area contributed by atoms with E-state index in [4.69, 9.17) is 5.26 Å². The Bertz CT molecular complexity index is 490. The average Bonchev–Trinajstić information content (AvgIpc) is 2.45. The third kappa shape index (κ3) is 3.30. The van der Waals surface area contributed by atoms with Gasteiger partial charge in [0.05, 0.1) is 22.0 Å². The van der Waals surface area contributed by atoms with Crippen molar-refractivity contribution in [1.82, 2.24) is 5.32 Å². The SMILES string of the molecule is COC(=O)CSC1=C(C#N)C(=O)NC2(CCCCC2)S1. The lowest BCUT2D eigenvalue weighted by Crippen LogP contribution is -2.50. The zero-order valence-electron chi connectivity index (χ0n) is 11.2. The molecular weight excluding hydrogens is 296 g/mol. The molecule has 0 aromatic heterocycles. The summed E-state index contributed by atoms with van der Waals surface area (Å²) in [5, 5.41) is 12.1. The van der Waals surface area contributed by atoms with Crippen LogP contribution in [0.4, 0.5) is 0 Å². The second kappa shape index (κ2) is 6.55. The van der Waals surface area contributed by atoms with Crippen molar-refractivity contribution in [2.24, 2.45) is 0 Å². The fourth-order valence-electron chi connectivity index (χ4n) is 2.35. The molecule has 1 aliphatic heterocycles. The quantitative estimate of drug-likeness (QED) is 0.804. The Labute approximate surface area is 126 Å². The average molecular weight is 312 g/mol. The van der Waals surface area contributed by atoms with Crippen LogP contribution in [0.1, 0.15) is 32.1 Å². The lowest BCUT2D eigenvalue weighted by molar-refractivity contribution is -0.137. The number of hydrogen-bond acceptors (Lipinski definition) is 6. The van der Waals surface area contributed by atoms with Crippen molar-refractivity contribution in [3.05, 3.63) is 9.81 Å². The van der Waals surface area contributed by atoms with Gasteiger partial charge in [0.2, 0.25) is 0 Å². The minimum atomic E-state index is -0.357. The molecule has 0 aromatic carbocycles. The first kappa shape index (κ1) is 15.3. The van der Waals surface area contributed by atoms with Gasteiger partial charge in [-0.15, -0.1) is 11.8 Å². The molecule has 1 spiro atoms. The number of rotatable bonds is 3. The number of hydrogen-bond donors (Lipinski definition) is 1. The molecule has 1 fully saturated rings. The van der Waals surface area contributed by atoms with E-state index >= 15 is 0 Å². The summed E-state index contributed by atoms with van der Waals surface area (Å²) in [6.45, 7) is 0. The normalized spacial score (nSPS) is 21.3. The number of esters is 1. The van der Waals surface area contributed by atoms with Gasteiger partial charge in [-0.1, -0.05) is 31.0 Å². The van der Waals surface area contributed by atoms with Crippen molar-refractivity contribution in [2.45, 2.75) is 37.0 Å². The van der Waals surface area contributed by atoms with Crippen LogP contribution in [-0.2, 0) is 14.3 Å². The number of ether oxygens (including phenoxy) is 1. The van der Waals surface area contributed by atoms with Crippen molar-refractivity contribution in [3.63, 3.8) is 0 Å². The van der Waals surface area contributed by atoms with E-state index in [1.807, 2.05) is 6.07 Å². The lowest BCUT2D eigenvalue weighted by atomic mass is 9.94. The van der Waals surface area contributed by atoms with Crippen molar-refractivity contribution >= 4 is 35.4 Å². The molecule has 1 heterocycles. The Balaban J connectivity index is 2.17. The van der Waals surface area contributed by atoms with Crippen molar-refractivity contribution in [3.8, 4) is 6.07 Å². The fraction of sp³-hybridized carbons (Fsp3) is 0.615. The molecule has 0 bridgehead atoms. The van der Waals surface area contributed by atoms with Gasteiger partial charge in [0.1, 0.15) is 11.6 Å². The van der Waals surface area contributed by atoms with Crippen LogP contribution >= 0.6 is 23.5 Å². The number of carbonyl (C=O) groups excluding carboxylic acids is 2. The molecule has 0 atom stereocenters. The maximum Gasteiger partial charge on any atom is 0.316 e. The van der Waals surface area contributed by atoms with E-state index in [2.05, 4.69) is 10.1 Å². The van der Waals surface area contributed by atoms with Gasteiger partial charge in [-0.3, -0.25) is 9.59 Å². The van der Waals surface area contributed by atoms with Crippen molar-refractivity contribution < 1.29 is 14.3 Å². The maximum absolute atomic E-state index is 12.1. The second-order valence-electron chi connectivity index (χ2n) is 4.75. The Morgan fingerprint density at radius 1 is 1.50 bits per heavy atom. The number of amides is 1. The zero-order valence-corrected chi connectivity index (χ0v) is 12.9. The van der Waals surface area contributed by atoms with E-state index in [1.165, 1.54) is 37.1 Å². The molecule has 0 aromatic rings. The molecular formula is C13H16N2O3S2. The van der Waals surface area contributed by atoms with Gasteiger partial charge in [-0.25, -0.2) is 0 Å². The predicted octanol–water partition coefficient (Wildman–Crippen LogP) is 2.15. The molecule has 2 rings (SSSR count). The predicted molar refractivity (Wildman–Crippen MR) is 78.7 cm³/mol. The van der Waals surface area contributed by atoms with Gasteiger partial charge >= 0.3 is 5.97 Å². The van der Waals surface area contributed by atoms with E-state index < -0.39 is 0 Å². The molecule has 0 saturated heterocycles. The minimum absolute atomic E-state index is 0.111. The summed E-state index contributed by atoms with van der Waals surface area (Å²) < 4.78 is 5.24. The number of thioether (sulfide) groups is 2. The molecule has 1 amide bonds. The molecule has 1 aliphatic carbocycles. The zero-order chi connectivity index (χ0) is 14.6. The summed E-state index contributed by atoms with van der Waals surface area (Å²) >= 11 is 2.74. The Morgan fingerprint density at radius 3 is 2.80 bits per heavy atom. The standard InChI is InChI=1S/C13H16N2O3S2/c1-18-10(16)8-19-12-9(7-14)11(17)15-13(20-12)5-3-2-4-6-13/h2-6,8H2,1H3,(H,15,17). The van der Waals surface area contributed by atoms with Crippen LogP contribution in [0.25, 0.3) is 0 Å². The van der Waals surface area contributed by atoms with E-state index in [0.717, 1.165) is 25.7 Å². The first-order chi connectivity index (χ1) is 9.60. The molecule has 2 aliphatic rings. The Morgan fingerprint density at radius 2 is 2.20 bits per heavy atom. The largest absolute Gasteiger partial charge is 0.468 e. The summed E-state index contributed by atoms with van der Waals surface area (Å²) in [4.78, 5) is 23.0. The lowest BCUT2D eigenvalue weighted by Gasteiger charge is -2.40. The van der Waals surface area contributed by atoms with Gasteiger partial charge in [-0.2, -0.15) is 5.26 Å². The van der Waals surface area contributed by atoms with E-state index in [0.29, 0.717) is 4.24 Å². The van der Waals surface area contributed by atoms with Crippen LogP contribution in [-0.4, -0.2) is 29.6 Å².